The number of benzene rings is 2. The fourth-order valence-corrected chi connectivity index (χ4v) is 2.85. The maximum atomic E-state index is 11.9. The number of imidazole rings is 1. The SMILES string of the molecule is CCCCC[n+]1c(NCc2ccccc2[O-])[nH]c2ccccc21. The van der Waals surface area contributed by atoms with E-state index >= 15 is 0 Å². The first-order chi connectivity index (χ1) is 11.3. The predicted octanol–water partition coefficient (Wildman–Crippen LogP) is 3.33. The van der Waals surface area contributed by atoms with E-state index in [0.29, 0.717) is 6.54 Å². The molecule has 0 aliphatic rings. The van der Waals surface area contributed by atoms with Gasteiger partial charge in [-0.2, -0.15) is 0 Å². The maximum absolute atomic E-state index is 11.9. The predicted molar refractivity (Wildman–Crippen MR) is 91.2 cm³/mol. The van der Waals surface area contributed by atoms with Crippen LogP contribution in [0.1, 0.15) is 31.7 Å². The second kappa shape index (κ2) is 7.18. The Morgan fingerprint density at radius 2 is 1.83 bits per heavy atom. The Morgan fingerprint density at radius 1 is 1.04 bits per heavy atom. The number of para-hydroxylation sites is 3. The Balaban J connectivity index is 1.84. The van der Waals surface area contributed by atoms with Gasteiger partial charge in [-0.1, -0.05) is 56.2 Å². The standard InChI is InChI=1S/C19H23N3O/c1-2-3-8-13-22-17-11-6-5-10-16(17)21-19(22)20-14-15-9-4-7-12-18(15)23/h4-7,9-12H,2-3,8,13-14H2,1H3,(H2,20,21,23). The molecule has 0 amide bonds. The first-order valence-electron chi connectivity index (χ1n) is 8.29. The van der Waals surface area contributed by atoms with Crippen molar-refractivity contribution in [2.75, 3.05) is 5.32 Å². The molecule has 4 nitrogen and oxygen atoms in total. The zero-order chi connectivity index (χ0) is 16.1. The fraction of sp³-hybridized carbons (Fsp3) is 0.316. The molecule has 3 aromatic rings. The minimum absolute atomic E-state index is 0.0774. The fourth-order valence-electron chi connectivity index (χ4n) is 2.85. The summed E-state index contributed by atoms with van der Waals surface area (Å²) in [6.45, 7) is 3.71. The minimum atomic E-state index is 0.0774. The molecule has 2 N–H and O–H groups in total. The van der Waals surface area contributed by atoms with Gasteiger partial charge in [-0.15, -0.1) is 5.75 Å². The van der Waals surface area contributed by atoms with Crippen LogP contribution in [0.2, 0.25) is 0 Å². The van der Waals surface area contributed by atoms with Crippen molar-refractivity contribution in [2.45, 2.75) is 39.3 Å². The third kappa shape index (κ3) is 3.47. The van der Waals surface area contributed by atoms with Gasteiger partial charge in [-0.25, -0.2) is 9.55 Å². The van der Waals surface area contributed by atoms with Crippen LogP contribution in [0.15, 0.2) is 48.5 Å². The summed E-state index contributed by atoms with van der Waals surface area (Å²) in [6.07, 6.45) is 3.57. The van der Waals surface area contributed by atoms with E-state index in [1.807, 2.05) is 18.2 Å². The van der Waals surface area contributed by atoms with Crippen molar-refractivity contribution in [3.63, 3.8) is 0 Å². The smallest absolute Gasteiger partial charge is 0.356 e. The van der Waals surface area contributed by atoms with Crippen LogP contribution in [0.25, 0.3) is 11.0 Å². The lowest BCUT2D eigenvalue weighted by molar-refractivity contribution is -0.657. The molecule has 0 saturated heterocycles. The average molecular weight is 309 g/mol. The molecule has 0 atom stereocenters. The minimum Gasteiger partial charge on any atom is -0.872 e. The number of anilines is 1. The molecule has 0 saturated carbocycles. The number of H-pyrrole nitrogens is 1. The normalized spacial score (nSPS) is 11.0. The van der Waals surface area contributed by atoms with E-state index in [-0.39, 0.29) is 5.75 Å². The molecule has 0 spiro atoms. The van der Waals surface area contributed by atoms with E-state index in [0.717, 1.165) is 30.0 Å². The second-order valence-corrected chi connectivity index (χ2v) is 5.81. The maximum Gasteiger partial charge on any atom is 0.356 e. The van der Waals surface area contributed by atoms with E-state index in [4.69, 9.17) is 0 Å². The van der Waals surface area contributed by atoms with Crippen molar-refractivity contribution in [3.8, 4) is 5.75 Å². The molecule has 120 valence electrons. The molecule has 0 aliphatic heterocycles. The molecule has 0 aliphatic carbocycles. The summed E-state index contributed by atoms with van der Waals surface area (Å²) in [7, 11) is 0. The highest BCUT2D eigenvalue weighted by Gasteiger charge is 2.16. The summed E-state index contributed by atoms with van der Waals surface area (Å²) in [4.78, 5) is 3.43. The third-order valence-corrected chi connectivity index (χ3v) is 4.12. The summed E-state index contributed by atoms with van der Waals surface area (Å²) in [6, 6.07) is 15.5. The Bertz CT molecular complexity index is 779. The molecule has 2 aromatic carbocycles. The second-order valence-electron chi connectivity index (χ2n) is 5.81. The lowest BCUT2D eigenvalue weighted by Crippen LogP contribution is -2.36. The number of unbranched alkanes of at least 4 members (excludes halogenated alkanes) is 2. The number of aromatic amines is 1. The number of hydrogen-bond donors (Lipinski definition) is 2. The van der Waals surface area contributed by atoms with Crippen LogP contribution in [-0.4, -0.2) is 4.98 Å². The van der Waals surface area contributed by atoms with Crippen LogP contribution in [0.4, 0.5) is 5.95 Å². The number of nitrogens with one attached hydrogen (secondary N) is 2. The summed E-state index contributed by atoms with van der Waals surface area (Å²) in [5.74, 6) is 1.04. The van der Waals surface area contributed by atoms with Crippen molar-refractivity contribution in [3.05, 3.63) is 54.1 Å². The van der Waals surface area contributed by atoms with Crippen molar-refractivity contribution in [2.24, 2.45) is 0 Å². The summed E-state index contributed by atoms with van der Waals surface area (Å²) >= 11 is 0. The quantitative estimate of drug-likeness (QED) is 0.519. The monoisotopic (exact) mass is 309 g/mol. The van der Waals surface area contributed by atoms with Gasteiger partial charge in [-0.3, -0.25) is 5.32 Å². The molecule has 0 unspecified atom stereocenters. The van der Waals surface area contributed by atoms with Crippen molar-refractivity contribution < 1.29 is 9.67 Å². The lowest BCUT2D eigenvalue weighted by atomic mass is 10.2. The summed E-state index contributed by atoms with van der Waals surface area (Å²) in [5.41, 5.74) is 3.09. The van der Waals surface area contributed by atoms with Crippen molar-refractivity contribution >= 4 is 17.0 Å². The highest BCUT2D eigenvalue weighted by Crippen LogP contribution is 2.16. The van der Waals surface area contributed by atoms with Gasteiger partial charge in [0.05, 0.1) is 13.1 Å². The van der Waals surface area contributed by atoms with Gasteiger partial charge in [0.1, 0.15) is 11.0 Å². The van der Waals surface area contributed by atoms with E-state index in [9.17, 15) is 5.11 Å². The Labute approximate surface area is 136 Å². The van der Waals surface area contributed by atoms with Crippen molar-refractivity contribution in [1.29, 1.82) is 0 Å². The van der Waals surface area contributed by atoms with E-state index < -0.39 is 0 Å². The molecular weight excluding hydrogens is 286 g/mol. The van der Waals surface area contributed by atoms with Gasteiger partial charge in [0.2, 0.25) is 0 Å². The van der Waals surface area contributed by atoms with Crippen LogP contribution < -0.4 is 15.0 Å². The number of rotatable bonds is 7. The molecule has 23 heavy (non-hydrogen) atoms. The number of aromatic nitrogens is 2. The largest absolute Gasteiger partial charge is 0.872 e. The van der Waals surface area contributed by atoms with Gasteiger partial charge < -0.3 is 5.11 Å². The van der Waals surface area contributed by atoms with Crippen molar-refractivity contribution in [1.82, 2.24) is 4.98 Å². The Morgan fingerprint density at radius 3 is 2.65 bits per heavy atom. The van der Waals surface area contributed by atoms with Gasteiger partial charge in [0.15, 0.2) is 0 Å². The number of nitrogens with zero attached hydrogens (tertiary/aromatic N) is 1. The topological polar surface area (TPSA) is 54.8 Å². The zero-order valence-corrected chi connectivity index (χ0v) is 13.5. The zero-order valence-electron chi connectivity index (χ0n) is 13.5. The molecule has 4 heteroatoms. The lowest BCUT2D eigenvalue weighted by Gasteiger charge is -2.11. The molecular formula is C19H23N3O. The Hall–Kier alpha value is -2.49. The molecule has 3 rings (SSSR count). The highest BCUT2D eigenvalue weighted by molar-refractivity contribution is 5.72. The molecule has 0 radical (unpaired) electrons. The third-order valence-electron chi connectivity index (χ3n) is 4.12. The molecule has 1 aromatic heterocycles. The van der Waals surface area contributed by atoms with Crippen LogP contribution in [0.5, 0.6) is 5.75 Å². The summed E-state index contributed by atoms with van der Waals surface area (Å²) < 4.78 is 2.28. The van der Waals surface area contributed by atoms with E-state index in [1.165, 1.54) is 18.4 Å². The van der Waals surface area contributed by atoms with Crippen LogP contribution in [-0.2, 0) is 13.1 Å². The van der Waals surface area contributed by atoms with E-state index in [1.54, 1.807) is 12.1 Å². The van der Waals surface area contributed by atoms with Gasteiger partial charge in [-0.05, 0) is 24.1 Å². The summed E-state index contributed by atoms with van der Waals surface area (Å²) in [5, 5.41) is 15.2. The van der Waals surface area contributed by atoms with E-state index in [2.05, 4.69) is 40.0 Å². The van der Waals surface area contributed by atoms with Gasteiger partial charge in [0.25, 0.3) is 0 Å². The number of fused-ring (bicyclic) bond motifs is 1. The van der Waals surface area contributed by atoms with Crippen LogP contribution in [0, 0.1) is 0 Å². The number of hydrogen-bond acceptors (Lipinski definition) is 2. The molecule has 0 fully saturated rings. The highest BCUT2D eigenvalue weighted by atomic mass is 16.3. The Kier molecular flexibility index (Phi) is 4.81. The average Bonchev–Trinajstić information content (AvgIpc) is 2.92. The first kappa shape index (κ1) is 15.4. The first-order valence-corrected chi connectivity index (χ1v) is 8.29. The van der Waals surface area contributed by atoms with Crippen LogP contribution >= 0.6 is 0 Å². The molecule has 1 heterocycles. The van der Waals surface area contributed by atoms with Crippen LogP contribution in [0.3, 0.4) is 0 Å². The molecule has 0 bridgehead atoms. The van der Waals surface area contributed by atoms with Gasteiger partial charge in [0, 0.05) is 0 Å². The number of aryl methyl sites for hydroxylation is 1. The van der Waals surface area contributed by atoms with Gasteiger partial charge >= 0.3 is 5.95 Å².